The van der Waals surface area contributed by atoms with Crippen molar-refractivity contribution in [3.8, 4) is 0 Å². The maximum Gasteiger partial charge on any atom is 0.139 e. The van der Waals surface area contributed by atoms with Crippen LogP contribution in [0, 0.1) is 0 Å². The molecule has 0 amide bonds. The summed E-state index contributed by atoms with van der Waals surface area (Å²) >= 11 is 0. The van der Waals surface area contributed by atoms with Crippen LogP contribution in [0.4, 0.5) is 0 Å². The lowest BCUT2D eigenvalue weighted by molar-refractivity contribution is 0.0638. The average molecular weight is 217 g/mol. The van der Waals surface area contributed by atoms with Gasteiger partial charge in [-0.25, -0.2) is 0 Å². The lowest BCUT2D eigenvalue weighted by atomic mass is 10.3. The van der Waals surface area contributed by atoms with E-state index in [0.717, 1.165) is 26.1 Å². The van der Waals surface area contributed by atoms with Crippen LogP contribution in [-0.4, -0.2) is 48.8 Å². The molecule has 90 valence electrons. The van der Waals surface area contributed by atoms with Crippen LogP contribution in [0.3, 0.4) is 0 Å². The van der Waals surface area contributed by atoms with Crippen LogP contribution >= 0.6 is 0 Å². The van der Waals surface area contributed by atoms with E-state index in [4.69, 9.17) is 15.7 Å². The average Bonchev–Trinajstić information content (AvgIpc) is 2.17. The fourth-order valence-electron chi connectivity index (χ4n) is 1.14. The number of likely N-dealkylation sites (N-methyl/N-ethyl adjacent to an activating group) is 1. The number of hydrogen-bond donors (Lipinski definition) is 2. The minimum atomic E-state index is 0.288. The van der Waals surface area contributed by atoms with Gasteiger partial charge in [0.15, 0.2) is 0 Å². The van der Waals surface area contributed by atoms with Crippen LogP contribution in [0.5, 0.6) is 0 Å². The fraction of sp³-hybridized carbons (Fsp3) is 0.900. The molecule has 0 rings (SSSR count). The topological polar surface area (TPSA) is 71.1 Å². The molecule has 0 heterocycles. The van der Waals surface area contributed by atoms with E-state index in [0.29, 0.717) is 12.3 Å². The third-order valence-electron chi connectivity index (χ3n) is 2.03. The van der Waals surface area contributed by atoms with Crippen LogP contribution in [0.1, 0.15) is 26.7 Å². The first-order valence-electron chi connectivity index (χ1n) is 5.32. The molecular formula is C10H23N3O2. The Morgan fingerprint density at radius 3 is 2.67 bits per heavy atom. The Balaban J connectivity index is 3.37. The minimum Gasteiger partial charge on any atom is -0.409 e. The molecule has 0 fully saturated rings. The van der Waals surface area contributed by atoms with Crippen molar-refractivity contribution in [2.75, 3.05) is 26.7 Å². The van der Waals surface area contributed by atoms with E-state index in [1.165, 1.54) is 0 Å². The molecule has 0 aliphatic heterocycles. The molecule has 0 spiro atoms. The number of nitrogens with zero attached hydrogens (tertiary/aromatic N) is 2. The second kappa shape index (κ2) is 8.49. The van der Waals surface area contributed by atoms with E-state index in [9.17, 15) is 0 Å². The first kappa shape index (κ1) is 14.2. The Morgan fingerprint density at radius 1 is 1.47 bits per heavy atom. The maximum absolute atomic E-state index is 8.33. The summed E-state index contributed by atoms with van der Waals surface area (Å²) < 4.78 is 5.43. The van der Waals surface area contributed by atoms with Gasteiger partial charge in [-0.1, -0.05) is 5.16 Å². The smallest absolute Gasteiger partial charge is 0.139 e. The van der Waals surface area contributed by atoms with E-state index in [-0.39, 0.29) is 6.10 Å². The number of ether oxygens (including phenoxy) is 1. The van der Waals surface area contributed by atoms with Crippen molar-refractivity contribution in [3.05, 3.63) is 0 Å². The van der Waals surface area contributed by atoms with Crippen molar-refractivity contribution in [2.45, 2.75) is 32.8 Å². The summed E-state index contributed by atoms with van der Waals surface area (Å²) in [7, 11) is 2.04. The maximum atomic E-state index is 8.33. The van der Waals surface area contributed by atoms with E-state index >= 15 is 0 Å². The lowest BCUT2D eigenvalue weighted by Crippen LogP contribution is -2.26. The Kier molecular flexibility index (Phi) is 8.04. The zero-order valence-electron chi connectivity index (χ0n) is 9.94. The lowest BCUT2D eigenvalue weighted by Gasteiger charge is -2.17. The van der Waals surface area contributed by atoms with Crippen molar-refractivity contribution in [2.24, 2.45) is 10.9 Å². The van der Waals surface area contributed by atoms with E-state index < -0.39 is 0 Å². The molecule has 0 aromatic rings. The molecule has 0 atom stereocenters. The van der Waals surface area contributed by atoms with Gasteiger partial charge in [0.25, 0.3) is 0 Å². The third-order valence-corrected chi connectivity index (χ3v) is 2.03. The highest BCUT2D eigenvalue weighted by molar-refractivity contribution is 5.79. The first-order chi connectivity index (χ1) is 7.06. The molecule has 0 aliphatic rings. The van der Waals surface area contributed by atoms with E-state index in [1.807, 2.05) is 20.9 Å². The monoisotopic (exact) mass is 217 g/mol. The van der Waals surface area contributed by atoms with Crippen LogP contribution in [0.15, 0.2) is 5.16 Å². The van der Waals surface area contributed by atoms with Gasteiger partial charge < -0.3 is 20.6 Å². The Bertz CT molecular complexity index is 184. The van der Waals surface area contributed by atoms with Gasteiger partial charge in [0.1, 0.15) is 5.84 Å². The van der Waals surface area contributed by atoms with Gasteiger partial charge in [0, 0.05) is 13.0 Å². The van der Waals surface area contributed by atoms with Crippen LogP contribution in [0.25, 0.3) is 0 Å². The molecule has 0 aromatic carbocycles. The number of oxime groups is 1. The summed E-state index contributed by atoms with van der Waals surface area (Å²) in [4.78, 5) is 2.17. The molecule has 0 aromatic heterocycles. The van der Waals surface area contributed by atoms with Crippen LogP contribution in [-0.2, 0) is 4.74 Å². The zero-order chi connectivity index (χ0) is 11.7. The summed E-state index contributed by atoms with van der Waals surface area (Å²) in [5, 5.41) is 11.3. The Morgan fingerprint density at radius 2 is 2.13 bits per heavy atom. The molecule has 0 radical (unpaired) electrons. The molecule has 5 heteroatoms. The zero-order valence-corrected chi connectivity index (χ0v) is 9.94. The number of rotatable bonds is 8. The van der Waals surface area contributed by atoms with Gasteiger partial charge in [0.05, 0.1) is 12.7 Å². The summed E-state index contributed by atoms with van der Waals surface area (Å²) in [6.07, 6.45) is 1.82. The normalized spacial score (nSPS) is 12.7. The van der Waals surface area contributed by atoms with Gasteiger partial charge in [0.2, 0.25) is 0 Å². The molecule has 15 heavy (non-hydrogen) atoms. The summed E-state index contributed by atoms with van der Waals surface area (Å²) in [5.41, 5.74) is 5.36. The minimum absolute atomic E-state index is 0.288. The van der Waals surface area contributed by atoms with Crippen molar-refractivity contribution in [1.29, 1.82) is 0 Å². The molecule has 3 N–H and O–H groups in total. The van der Waals surface area contributed by atoms with Gasteiger partial charge in [-0.2, -0.15) is 0 Å². The Labute approximate surface area is 91.9 Å². The summed E-state index contributed by atoms with van der Waals surface area (Å²) in [6, 6.07) is 0. The van der Waals surface area contributed by atoms with Crippen LogP contribution in [0.2, 0.25) is 0 Å². The quantitative estimate of drug-likeness (QED) is 0.274. The molecule has 0 bridgehead atoms. The standard InChI is InChI=1S/C10H23N3O2/c1-9(2)15-8-7-13(3)6-4-5-10(11)12-14/h9,14H,4-8H2,1-3H3,(H2,11,12). The van der Waals surface area contributed by atoms with Gasteiger partial charge >= 0.3 is 0 Å². The molecule has 0 unspecified atom stereocenters. The number of amidine groups is 1. The highest BCUT2D eigenvalue weighted by Crippen LogP contribution is 1.94. The largest absolute Gasteiger partial charge is 0.409 e. The van der Waals surface area contributed by atoms with Crippen molar-refractivity contribution < 1.29 is 9.94 Å². The number of nitrogens with two attached hydrogens (primary N) is 1. The third kappa shape index (κ3) is 9.49. The van der Waals surface area contributed by atoms with Gasteiger partial charge in [-0.15, -0.1) is 0 Å². The first-order valence-corrected chi connectivity index (χ1v) is 5.32. The van der Waals surface area contributed by atoms with Crippen molar-refractivity contribution >= 4 is 5.84 Å². The van der Waals surface area contributed by atoms with Crippen LogP contribution < -0.4 is 5.73 Å². The molecule has 0 saturated carbocycles. The fourth-order valence-corrected chi connectivity index (χ4v) is 1.14. The van der Waals surface area contributed by atoms with Crippen molar-refractivity contribution in [3.63, 3.8) is 0 Å². The highest BCUT2D eigenvalue weighted by atomic mass is 16.5. The van der Waals surface area contributed by atoms with Gasteiger partial charge in [-0.05, 0) is 33.9 Å². The second-order valence-electron chi connectivity index (χ2n) is 3.92. The molecule has 0 aliphatic carbocycles. The predicted molar refractivity (Wildman–Crippen MR) is 61.2 cm³/mol. The van der Waals surface area contributed by atoms with Crippen molar-refractivity contribution in [1.82, 2.24) is 4.90 Å². The summed E-state index contributed by atoms with van der Waals surface area (Å²) in [5.74, 6) is 0.293. The molecule has 5 nitrogen and oxygen atoms in total. The SMILES string of the molecule is CC(C)OCCN(C)CCCC(N)=NO. The second-order valence-corrected chi connectivity index (χ2v) is 3.92. The van der Waals surface area contributed by atoms with E-state index in [1.54, 1.807) is 0 Å². The van der Waals surface area contributed by atoms with E-state index in [2.05, 4.69) is 10.1 Å². The molecule has 0 saturated heterocycles. The predicted octanol–water partition coefficient (Wildman–Crippen LogP) is 0.870. The Hall–Kier alpha value is -0.810. The van der Waals surface area contributed by atoms with Gasteiger partial charge in [-0.3, -0.25) is 0 Å². The molecular weight excluding hydrogens is 194 g/mol. The number of hydrogen-bond acceptors (Lipinski definition) is 4. The highest BCUT2D eigenvalue weighted by Gasteiger charge is 2.00. The summed E-state index contributed by atoms with van der Waals surface area (Å²) in [6.45, 7) is 6.64.